The molecule has 8 nitrogen and oxygen atoms in total. The highest BCUT2D eigenvalue weighted by Crippen LogP contribution is 2.24. The van der Waals surface area contributed by atoms with E-state index in [4.69, 9.17) is 4.52 Å². The molecule has 29 heavy (non-hydrogen) atoms. The molecule has 0 atom stereocenters. The SMILES string of the molecule is CCN(C)S(=O)(=O)c1c(C)nn(Cc2nc(-c3ccc(C(C)C)cc3)no2)c1C. The molecule has 0 unspecified atom stereocenters. The molecule has 3 aromatic rings. The molecule has 0 aliphatic heterocycles. The highest BCUT2D eigenvalue weighted by molar-refractivity contribution is 7.89. The van der Waals surface area contributed by atoms with E-state index >= 15 is 0 Å². The minimum absolute atomic E-state index is 0.203. The van der Waals surface area contributed by atoms with Crippen molar-refractivity contribution in [2.45, 2.75) is 52.0 Å². The van der Waals surface area contributed by atoms with Crippen LogP contribution in [0.1, 0.15) is 49.5 Å². The van der Waals surface area contributed by atoms with Crippen LogP contribution in [0.2, 0.25) is 0 Å². The fourth-order valence-corrected chi connectivity index (χ4v) is 4.66. The Kier molecular flexibility index (Phi) is 5.90. The van der Waals surface area contributed by atoms with Crippen molar-refractivity contribution in [1.29, 1.82) is 0 Å². The fourth-order valence-electron chi connectivity index (χ4n) is 3.12. The molecule has 2 heterocycles. The van der Waals surface area contributed by atoms with E-state index in [2.05, 4.69) is 41.2 Å². The minimum Gasteiger partial charge on any atom is -0.337 e. The predicted octanol–water partition coefficient (Wildman–Crippen LogP) is 3.36. The van der Waals surface area contributed by atoms with E-state index < -0.39 is 10.0 Å². The zero-order chi connectivity index (χ0) is 21.3. The molecule has 0 aliphatic carbocycles. The van der Waals surface area contributed by atoms with Crippen molar-refractivity contribution < 1.29 is 12.9 Å². The average molecular weight is 418 g/mol. The lowest BCUT2D eigenvalue weighted by Crippen LogP contribution is -2.27. The first-order valence-electron chi connectivity index (χ1n) is 9.58. The summed E-state index contributed by atoms with van der Waals surface area (Å²) in [5.74, 6) is 1.31. The summed E-state index contributed by atoms with van der Waals surface area (Å²) in [6, 6.07) is 8.05. The molecule has 0 spiro atoms. The summed E-state index contributed by atoms with van der Waals surface area (Å²) < 4.78 is 33.8. The third-order valence-electron chi connectivity index (χ3n) is 5.02. The van der Waals surface area contributed by atoms with Gasteiger partial charge in [-0.3, -0.25) is 4.68 Å². The topological polar surface area (TPSA) is 94.1 Å². The predicted molar refractivity (Wildman–Crippen MR) is 110 cm³/mol. The maximum Gasteiger partial charge on any atom is 0.248 e. The Morgan fingerprint density at radius 1 is 1.17 bits per heavy atom. The lowest BCUT2D eigenvalue weighted by Gasteiger charge is -2.14. The normalized spacial score (nSPS) is 12.3. The molecule has 0 saturated carbocycles. The Bertz CT molecular complexity index is 1100. The van der Waals surface area contributed by atoms with E-state index in [0.29, 0.717) is 35.6 Å². The van der Waals surface area contributed by atoms with Crippen LogP contribution in [-0.4, -0.2) is 46.2 Å². The van der Waals surface area contributed by atoms with Crippen molar-refractivity contribution in [2.24, 2.45) is 0 Å². The Morgan fingerprint density at radius 3 is 2.41 bits per heavy atom. The number of hydrogen-bond acceptors (Lipinski definition) is 6. The molecule has 0 fully saturated rings. The van der Waals surface area contributed by atoms with Crippen LogP contribution in [0.4, 0.5) is 0 Å². The Labute approximate surface area is 171 Å². The number of aryl methyl sites for hydroxylation is 1. The van der Waals surface area contributed by atoms with Crippen LogP contribution >= 0.6 is 0 Å². The molecular formula is C20H27N5O3S. The highest BCUT2D eigenvalue weighted by Gasteiger charge is 2.28. The monoisotopic (exact) mass is 417 g/mol. The number of sulfonamides is 1. The first-order valence-corrected chi connectivity index (χ1v) is 11.0. The summed E-state index contributed by atoms with van der Waals surface area (Å²) in [7, 11) is -2.03. The third kappa shape index (κ3) is 4.11. The number of aromatic nitrogens is 4. The van der Waals surface area contributed by atoms with Crippen LogP contribution < -0.4 is 0 Å². The van der Waals surface area contributed by atoms with Crippen molar-refractivity contribution in [3.63, 3.8) is 0 Å². The summed E-state index contributed by atoms with van der Waals surface area (Å²) in [6.07, 6.45) is 0. The molecule has 0 amide bonds. The van der Waals surface area contributed by atoms with Gasteiger partial charge in [-0.25, -0.2) is 12.7 Å². The third-order valence-corrected chi connectivity index (χ3v) is 7.20. The van der Waals surface area contributed by atoms with E-state index in [1.165, 1.54) is 9.87 Å². The zero-order valence-electron chi connectivity index (χ0n) is 17.7. The van der Waals surface area contributed by atoms with Gasteiger partial charge in [-0.2, -0.15) is 10.1 Å². The standard InChI is InChI=1S/C20H27N5O3S/c1-7-24(6)29(26,27)19-14(4)22-25(15(19)5)12-18-21-20(23-28-18)17-10-8-16(9-11-17)13(2)3/h8-11,13H,7,12H2,1-6H3. The minimum atomic E-state index is -3.59. The first kappa shape index (κ1) is 21.2. The van der Waals surface area contributed by atoms with Crippen LogP contribution in [-0.2, 0) is 16.6 Å². The van der Waals surface area contributed by atoms with E-state index in [1.54, 1.807) is 32.5 Å². The fraction of sp³-hybridized carbons (Fsp3) is 0.450. The molecule has 0 N–H and O–H groups in total. The van der Waals surface area contributed by atoms with E-state index in [9.17, 15) is 8.42 Å². The molecule has 3 rings (SSSR count). The van der Waals surface area contributed by atoms with Gasteiger partial charge in [0.05, 0.1) is 11.4 Å². The maximum atomic E-state index is 12.8. The maximum absolute atomic E-state index is 12.8. The number of rotatable bonds is 7. The van der Waals surface area contributed by atoms with Crippen LogP contribution in [0.15, 0.2) is 33.7 Å². The highest BCUT2D eigenvalue weighted by atomic mass is 32.2. The van der Waals surface area contributed by atoms with E-state index in [0.717, 1.165) is 5.56 Å². The molecule has 0 radical (unpaired) electrons. The van der Waals surface area contributed by atoms with Gasteiger partial charge in [-0.05, 0) is 25.3 Å². The quantitative estimate of drug-likeness (QED) is 0.585. The summed E-state index contributed by atoms with van der Waals surface area (Å²) in [6.45, 7) is 10.1. The Balaban J connectivity index is 1.86. The van der Waals surface area contributed by atoms with Gasteiger partial charge in [-0.15, -0.1) is 0 Å². The summed E-state index contributed by atoms with van der Waals surface area (Å²) >= 11 is 0. The van der Waals surface area contributed by atoms with Gasteiger partial charge in [0.15, 0.2) is 0 Å². The van der Waals surface area contributed by atoms with E-state index in [1.807, 2.05) is 12.1 Å². The van der Waals surface area contributed by atoms with Crippen molar-refractivity contribution in [2.75, 3.05) is 13.6 Å². The molecule has 0 saturated heterocycles. The molecular weight excluding hydrogens is 390 g/mol. The molecule has 2 aromatic heterocycles. The van der Waals surface area contributed by atoms with Crippen molar-refractivity contribution in [3.8, 4) is 11.4 Å². The molecule has 156 valence electrons. The van der Waals surface area contributed by atoms with Gasteiger partial charge in [0.2, 0.25) is 21.7 Å². The van der Waals surface area contributed by atoms with Gasteiger partial charge >= 0.3 is 0 Å². The lowest BCUT2D eigenvalue weighted by molar-refractivity contribution is 0.364. The number of nitrogens with zero attached hydrogens (tertiary/aromatic N) is 5. The summed E-state index contributed by atoms with van der Waals surface area (Å²) in [5, 5.41) is 8.44. The van der Waals surface area contributed by atoms with Gasteiger partial charge in [-0.1, -0.05) is 50.2 Å². The summed E-state index contributed by atoms with van der Waals surface area (Å²) in [5.41, 5.74) is 3.10. The largest absolute Gasteiger partial charge is 0.337 e. The van der Waals surface area contributed by atoms with Crippen LogP contribution in [0.25, 0.3) is 11.4 Å². The van der Waals surface area contributed by atoms with E-state index in [-0.39, 0.29) is 11.4 Å². The molecule has 0 aliphatic rings. The van der Waals surface area contributed by atoms with Gasteiger partial charge in [0.1, 0.15) is 11.4 Å². The molecule has 1 aromatic carbocycles. The second-order valence-electron chi connectivity index (χ2n) is 7.37. The van der Waals surface area contributed by atoms with Gasteiger partial charge in [0, 0.05) is 19.2 Å². The van der Waals surface area contributed by atoms with Crippen LogP contribution in [0.5, 0.6) is 0 Å². The lowest BCUT2D eigenvalue weighted by atomic mass is 10.0. The number of benzene rings is 1. The first-order chi connectivity index (χ1) is 13.6. The van der Waals surface area contributed by atoms with Crippen LogP contribution in [0.3, 0.4) is 0 Å². The Morgan fingerprint density at radius 2 is 1.83 bits per heavy atom. The smallest absolute Gasteiger partial charge is 0.248 e. The van der Waals surface area contributed by atoms with Gasteiger partial charge in [0.25, 0.3) is 0 Å². The molecule has 0 bridgehead atoms. The Hall–Kier alpha value is -2.52. The van der Waals surface area contributed by atoms with Crippen molar-refractivity contribution in [3.05, 3.63) is 47.1 Å². The summed E-state index contributed by atoms with van der Waals surface area (Å²) in [4.78, 5) is 4.67. The average Bonchev–Trinajstić information content (AvgIpc) is 3.25. The van der Waals surface area contributed by atoms with Gasteiger partial charge < -0.3 is 4.52 Å². The van der Waals surface area contributed by atoms with Crippen molar-refractivity contribution >= 4 is 10.0 Å². The number of hydrogen-bond donors (Lipinski definition) is 0. The molecule has 9 heteroatoms. The second-order valence-corrected chi connectivity index (χ2v) is 9.35. The van der Waals surface area contributed by atoms with Crippen molar-refractivity contribution in [1.82, 2.24) is 24.2 Å². The van der Waals surface area contributed by atoms with Crippen LogP contribution in [0, 0.1) is 13.8 Å². The zero-order valence-corrected chi connectivity index (χ0v) is 18.5. The second kappa shape index (κ2) is 8.08.